The maximum Gasteiger partial charge on any atom is -0.0208 e. The van der Waals surface area contributed by atoms with Crippen LogP contribution in [-0.4, -0.2) is 0 Å². The molecule has 0 aromatic rings. The second-order valence-corrected chi connectivity index (χ2v) is 4.72. The average molecular weight is 178 g/mol. The first-order valence-electron chi connectivity index (χ1n) is 5.36. The van der Waals surface area contributed by atoms with Crippen LogP contribution in [-0.2, 0) is 0 Å². The highest BCUT2D eigenvalue weighted by Crippen LogP contribution is 2.39. The molecule has 0 amide bonds. The van der Waals surface area contributed by atoms with Crippen molar-refractivity contribution in [2.45, 2.75) is 33.6 Å². The van der Waals surface area contributed by atoms with Crippen LogP contribution in [0.25, 0.3) is 0 Å². The zero-order chi connectivity index (χ0) is 10.0. The van der Waals surface area contributed by atoms with E-state index in [1.54, 1.807) is 0 Å². The smallest absolute Gasteiger partial charge is 0.0208 e. The van der Waals surface area contributed by atoms with Gasteiger partial charge in [-0.05, 0) is 36.5 Å². The molecule has 0 N–H and O–H groups in total. The van der Waals surface area contributed by atoms with Gasteiger partial charge in [-0.3, -0.25) is 0 Å². The van der Waals surface area contributed by atoms with E-state index in [1.165, 1.54) is 18.4 Å². The van der Waals surface area contributed by atoms with Crippen LogP contribution >= 0.6 is 0 Å². The van der Waals surface area contributed by atoms with Gasteiger partial charge in [-0.25, -0.2) is 0 Å². The van der Waals surface area contributed by atoms with Crippen molar-refractivity contribution < 1.29 is 0 Å². The fraction of sp³-hybridized carbons (Fsp3) is 0.692. The Morgan fingerprint density at radius 2 is 2.08 bits per heavy atom. The maximum atomic E-state index is 4.18. The summed E-state index contributed by atoms with van der Waals surface area (Å²) in [7, 11) is 0. The first-order chi connectivity index (χ1) is 6.06. The summed E-state index contributed by atoms with van der Waals surface area (Å²) in [6, 6.07) is 0. The van der Waals surface area contributed by atoms with E-state index in [2.05, 4.69) is 40.0 Å². The highest BCUT2D eigenvalue weighted by Gasteiger charge is 2.29. The van der Waals surface area contributed by atoms with E-state index in [-0.39, 0.29) is 0 Å². The van der Waals surface area contributed by atoms with Gasteiger partial charge < -0.3 is 0 Å². The summed E-state index contributed by atoms with van der Waals surface area (Å²) in [5.74, 6) is 2.95. The molecule has 1 aliphatic carbocycles. The van der Waals surface area contributed by atoms with Gasteiger partial charge in [0.05, 0.1) is 0 Å². The first-order valence-corrected chi connectivity index (χ1v) is 5.36. The lowest BCUT2D eigenvalue weighted by molar-refractivity contribution is 0.237. The Balaban J connectivity index is 2.63. The van der Waals surface area contributed by atoms with Crippen LogP contribution in [0.15, 0.2) is 24.8 Å². The Kier molecular flexibility index (Phi) is 3.35. The van der Waals surface area contributed by atoms with Crippen LogP contribution in [0, 0.1) is 23.7 Å². The van der Waals surface area contributed by atoms with Gasteiger partial charge in [0.25, 0.3) is 0 Å². The molecule has 0 radical (unpaired) electrons. The molecular formula is C13H22. The molecular weight excluding hydrogens is 156 g/mol. The standard InChI is InChI=1S/C13H22/c1-6-9(2)13-7-10(3)12(5)11(4)8-13/h6,9,11-13H,1,3,7-8H2,2,4-5H3. The molecule has 1 aliphatic rings. The summed E-state index contributed by atoms with van der Waals surface area (Å²) in [6.45, 7) is 15.0. The van der Waals surface area contributed by atoms with Gasteiger partial charge in [0.2, 0.25) is 0 Å². The monoisotopic (exact) mass is 178 g/mol. The van der Waals surface area contributed by atoms with E-state index in [0.29, 0.717) is 11.8 Å². The molecule has 0 aromatic carbocycles. The van der Waals surface area contributed by atoms with Gasteiger partial charge in [-0.2, -0.15) is 0 Å². The normalized spacial score (nSPS) is 37.2. The predicted molar refractivity (Wildman–Crippen MR) is 59.6 cm³/mol. The summed E-state index contributed by atoms with van der Waals surface area (Å²) in [5, 5.41) is 0. The molecule has 4 unspecified atom stereocenters. The topological polar surface area (TPSA) is 0 Å². The van der Waals surface area contributed by atoms with E-state index < -0.39 is 0 Å². The quantitative estimate of drug-likeness (QED) is 0.560. The molecule has 0 aliphatic heterocycles. The van der Waals surface area contributed by atoms with Crippen molar-refractivity contribution in [1.29, 1.82) is 0 Å². The predicted octanol–water partition coefficient (Wildman–Crippen LogP) is 4.05. The minimum atomic E-state index is 0.645. The molecule has 0 spiro atoms. The fourth-order valence-corrected chi connectivity index (χ4v) is 2.28. The second-order valence-electron chi connectivity index (χ2n) is 4.72. The lowest BCUT2D eigenvalue weighted by atomic mass is 9.69. The minimum absolute atomic E-state index is 0.645. The first kappa shape index (κ1) is 10.6. The molecule has 13 heavy (non-hydrogen) atoms. The molecule has 1 rings (SSSR count). The summed E-state index contributed by atoms with van der Waals surface area (Å²) < 4.78 is 0. The van der Waals surface area contributed by atoms with Gasteiger partial charge in [0, 0.05) is 0 Å². The van der Waals surface area contributed by atoms with Gasteiger partial charge in [-0.1, -0.05) is 39.0 Å². The third kappa shape index (κ3) is 2.24. The summed E-state index contributed by atoms with van der Waals surface area (Å²) in [5.41, 5.74) is 1.44. The lowest BCUT2D eigenvalue weighted by Crippen LogP contribution is -2.25. The highest BCUT2D eigenvalue weighted by atomic mass is 14.3. The van der Waals surface area contributed by atoms with E-state index in [1.807, 2.05) is 0 Å². The second kappa shape index (κ2) is 4.13. The van der Waals surface area contributed by atoms with Crippen molar-refractivity contribution in [1.82, 2.24) is 0 Å². The molecule has 74 valence electrons. The van der Waals surface area contributed by atoms with Gasteiger partial charge in [-0.15, -0.1) is 6.58 Å². The Bertz CT molecular complexity index is 202. The van der Waals surface area contributed by atoms with Crippen molar-refractivity contribution in [2.75, 3.05) is 0 Å². The summed E-state index contributed by atoms with van der Waals surface area (Å²) in [4.78, 5) is 0. The van der Waals surface area contributed by atoms with Gasteiger partial charge in [0.15, 0.2) is 0 Å². The van der Waals surface area contributed by atoms with Gasteiger partial charge >= 0.3 is 0 Å². The highest BCUT2D eigenvalue weighted by molar-refractivity contribution is 5.07. The Morgan fingerprint density at radius 3 is 2.54 bits per heavy atom. The third-order valence-corrected chi connectivity index (χ3v) is 3.81. The number of hydrogen-bond donors (Lipinski definition) is 0. The molecule has 0 heterocycles. The van der Waals surface area contributed by atoms with Crippen molar-refractivity contribution in [3.05, 3.63) is 24.8 Å². The Morgan fingerprint density at radius 1 is 1.46 bits per heavy atom. The molecule has 0 bridgehead atoms. The van der Waals surface area contributed by atoms with Crippen molar-refractivity contribution in [2.24, 2.45) is 23.7 Å². The van der Waals surface area contributed by atoms with Crippen LogP contribution in [0.5, 0.6) is 0 Å². The molecule has 0 aromatic heterocycles. The third-order valence-electron chi connectivity index (χ3n) is 3.81. The van der Waals surface area contributed by atoms with Crippen molar-refractivity contribution in [3.63, 3.8) is 0 Å². The Hall–Kier alpha value is -0.520. The molecule has 0 nitrogen and oxygen atoms in total. The van der Waals surface area contributed by atoms with Crippen molar-refractivity contribution in [3.8, 4) is 0 Å². The summed E-state index contributed by atoms with van der Waals surface area (Å²) >= 11 is 0. The number of allylic oxidation sites excluding steroid dienone is 2. The van der Waals surface area contributed by atoms with E-state index in [0.717, 1.165) is 11.8 Å². The van der Waals surface area contributed by atoms with E-state index >= 15 is 0 Å². The largest absolute Gasteiger partial charge is 0.103 e. The minimum Gasteiger partial charge on any atom is -0.103 e. The van der Waals surface area contributed by atoms with Gasteiger partial charge in [0.1, 0.15) is 0 Å². The summed E-state index contributed by atoms with van der Waals surface area (Å²) in [6.07, 6.45) is 4.63. The zero-order valence-electron chi connectivity index (χ0n) is 9.22. The number of rotatable bonds is 2. The molecule has 0 saturated heterocycles. The SMILES string of the molecule is C=CC(C)C1CC(=C)C(C)C(C)C1. The van der Waals surface area contributed by atoms with Crippen LogP contribution in [0.2, 0.25) is 0 Å². The van der Waals surface area contributed by atoms with E-state index in [9.17, 15) is 0 Å². The maximum absolute atomic E-state index is 4.18. The molecule has 1 fully saturated rings. The zero-order valence-corrected chi connectivity index (χ0v) is 9.22. The molecule has 0 heteroatoms. The lowest BCUT2D eigenvalue weighted by Gasteiger charge is -2.36. The van der Waals surface area contributed by atoms with Crippen LogP contribution in [0.4, 0.5) is 0 Å². The van der Waals surface area contributed by atoms with Crippen LogP contribution in [0.1, 0.15) is 33.6 Å². The fourth-order valence-electron chi connectivity index (χ4n) is 2.28. The number of hydrogen-bond acceptors (Lipinski definition) is 0. The van der Waals surface area contributed by atoms with E-state index in [4.69, 9.17) is 0 Å². The average Bonchev–Trinajstić information content (AvgIpc) is 2.12. The van der Waals surface area contributed by atoms with Crippen LogP contribution in [0.3, 0.4) is 0 Å². The molecule has 1 saturated carbocycles. The Labute approximate surface area is 82.7 Å². The van der Waals surface area contributed by atoms with Crippen molar-refractivity contribution >= 4 is 0 Å². The van der Waals surface area contributed by atoms with Crippen LogP contribution < -0.4 is 0 Å². The molecule has 4 atom stereocenters.